The average molecular weight is 319 g/mol. The number of rotatable bonds is 5. The minimum absolute atomic E-state index is 0.147. The number of carbonyl (C=O) groups is 1. The zero-order chi connectivity index (χ0) is 16.5. The largest absolute Gasteiger partial charge is 0.473 e. The predicted molar refractivity (Wildman–Crippen MR) is 45.0 cm³/mol. The van der Waals surface area contributed by atoms with E-state index in [0.29, 0.717) is 14.1 Å². The third kappa shape index (κ3) is 3.10. The Labute approximate surface area is 105 Å². The SMILES string of the molecule is CN(C)C(=O)C(F)(F)C(F)(F)C(F)(F)OC(F)=C(F)F. The molecule has 0 fully saturated rings. The molecule has 0 bridgehead atoms. The van der Waals surface area contributed by atoms with Gasteiger partial charge in [-0.2, -0.15) is 39.5 Å². The van der Waals surface area contributed by atoms with Crippen LogP contribution in [0.1, 0.15) is 0 Å². The first-order valence-electron chi connectivity index (χ1n) is 4.43. The fraction of sp³-hybridized carbons (Fsp3) is 0.625. The van der Waals surface area contributed by atoms with Crippen LogP contribution in [0.25, 0.3) is 0 Å². The van der Waals surface area contributed by atoms with Gasteiger partial charge in [0.1, 0.15) is 0 Å². The first-order valence-corrected chi connectivity index (χ1v) is 4.43. The van der Waals surface area contributed by atoms with Gasteiger partial charge in [-0.15, -0.1) is 0 Å². The summed E-state index contributed by atoms with van der Waals surface area (Å²) in [6, 6.07) is -3.47. The summed E-state index contributed by atoms with van der Waals surface area (Å²) >= 11 is 0. The number of alkyl halides is 6. The topological polar surface area (TPSA) is 29.5 Å². The van der Waals surface area contributed by atoms with Crippen LogP contribution in [0.3, 0.4) is 0 Å². The number of carbonyl (C=O) groups excluding carboxylic acids is 1. The Balaban J connectivity index is 5.61. The van der Waals surface area contributed by atoms with E-state index in [1.54, 1.807) is 0 Å². The molecule has 20 heavy (non-hydrogen) atoms. The molecule has 0 radical (unpaired) electrons. The number of hydrogen-bond donors (Lipinski definition) is 0. The Morgan fingerprint density at radius 2 is 1.35 bits per heavy atom. The van der Waals surface area contributed by atoms with E-state index in [1.165, 1.54) is 0 Å². The van der Waals surface area contributed by atoms with E-state index < -0.39 is 36.0 Å². The highest BCUT2D eigenvalue weighted by Gasteiger charge is 2.78. The zero-order valence-corrected chi connectivity index (χ0v) is 9.67. The van der Waals surface area contributed by atoms with E-state index >= 15 is 0 Å². The van der Waals surface area contributed by atoms with Gasteiger partial charge in [0, 0.05) is 14.1 Å². The molecule has 0 heterocycles. The van der Waals surface area contributed by atoms with Gasteiger partial charge in [-0.1, -0.05) is 0 Å². The van der Waals surface area contributed by atoms with Crippen molar-refractivity contribution in [1.82, 2.24) is 4.90 Å². The second kappa shape index (κ2) is 5.40. The first-order chi connectivity index (χ1) is 8.68. The van der Waals surface area contributed by atoms with E-state index in [-0.39, 0.29) is 4.90 Å². The molecule has 0 aromatic rings. The van der Waals surface area contributed by atoms with E-state index in [0.717, 1.165) is 0 Å². The number of ether oxygens (including phenoxy) is 1. The van der Waals surface area contributed by atoms with Crippen LogP contribution in [0.4, 0.5) is 39.5 Å². The van der Waals surface area contributed by atoms with Crippen molar-refractivity contribution in [3.8, 4) is 0 Å². The number of amides is 1. The van der Waals surface area contributed by atoms with Crippen molar-refractivity contribution in [2.75, 3.05) is 14.1 Å². The summed E-state index contributed by atoms with van der Waals surface area (Å²) in [5, 5.41) is 0. The lowest BCUT2D eigenvalue weighted by Gasteiger charge is -2.31. The Hall–Kier alpha value is -1.62. The Kier molecular flexibility index (Phi) is 4.96. The molecule has 0 spiro atoms. The minimum atomic E-state index is -6.58. The number of nitrogens with zero attached hydrogens (tertiary/aromatic N) is 1. The Morgan fingerprint density at radius 1 is 0.950 bits per heavy atom. The molecule has 0 unspecified atom stereocenters. The second-order valence-electron chi connectivity index (χ2n) is 3.50. The van der Waals surface area contributed by atoms with Gasteiger partial charge < -0.3 is 9.64 Å². The summed E-state index contributed by atoms with van der Waals surface area (Å²) in [5.74, 6) is -15.3. The van der Waals surface area contributed by atoms with E-state index in [9.17, 15) is 44.3 Å². The molecule has 1 amide bonds. The molecule has 0 aliphatic carbocycles. The molecule has 0 atom stereocenters. The molecule has 0 aliphatic heterocycles. The van der Waals surface area contributed by atoms with Crippen LogP contribution >= 0.6 is 0 Å². The summed E-state index contributed by atoms with van der Waals surface area (Å²) in [7, 11) is 1.10. The van der Waals surface area contributed by atoms with Crippen LogP contribution in [0.5, 0.6) is 0 Å². The van der Waals surface area contributed by atoms with Gasteiger partial charge in [-0.25, -0.2) is 0 Å². The van der Waals surface area contributed by atoms with Crippen molar-refractivity contribution >= 4 is 5.91 Å². The third-order valence-electron chi connectivity index (χ3n) is 1.80. The molecule has 12 heteroatoms. The molecule has 0 aliphatic rings. The van der Waals surface area contributed by atoms with Gasteiger partial charge in [0.15, 0.2) is 0 Å². The van der Waals surface area contributed by atoms with Gasteiger partial charge in [-0.3, -0.25) is 4.79 Å². The van der Waals surface area contributed by atoms with Crippen LogP contribution in [0.15, 0.2) is 12.1 Å². The van der Waals surface area contributed by atoms with Crippen LogP contribution in [-0.2, 0) is 9.53 Å². The van der Waals surface area contributed by atoms with Crippen LogP contribution in [-0.4, -0.2) is 42.9 Å². The second-order valence-corrected chi connectivity index (χ2v) is 3.50. The molecule has 118 valence electrons. The van der Waals surface area contributed by atoms with Gasteiger partial charge in [0.2, 0.25) is 0 Å². The standard InChI is InChI=1S/C8H6F9NO2/c1-18(2)5(19)6(12,13)7(14,15)8(16,17)20-4(11)3(9)10/h1-2H3. The molecular weight excluding hydrogens is 313 g/mol. The minimum Gasteiger partial charge on any atom is -0.397 e. The predicted octanol–water partition coefficient (Wildman–Crippen LogP) is 2.99. The maximum atomic E-state index is 13.0. The third-order valence-corrected chi connectivity index (χ3v) is 1.80. The summed E-state index contributed by atoms with van der Waals surface area (Å²) in [6.07, 6.45) is -9.96. The van der Waals surface area contributed by atoms with Gasteiger partial charge in [0.25, 0.3) is 5.91 Å². The molecule has 3 nitrogen and oxygen atoms in total. The Bertz CT molecular complexity index is 414. The molecule has 0 aromatic carbocycles. The van der Waals surface area contributed by atoms with Crippen LogP contribution < -0.4 is 0 Å². The lowest BCUT2D eigenvalue weighted by Crippen LogP contribution is -2.61. The molecule has 0 N–H and O–H groups in total. The van der Waals surface area contributed by atoms with E-state index in [1.807, 2.05) is 0 Å². The normalized spacial score (nSPS) is 12.9. The van der Waals surface area contributed by atoms with Crippen molar-refractivity contribution in [1.29, 1.82) is 0 Å². The maximum absolute atomic E-state index is 13.0. The van der Waals surface area contributed by atoms with Crippen molar-refractivity contribution in [2.24, 2.45) is 0 Å². The van der Waals surface area contributed by atoms with E-state index in [2.05, 4.69) is 4.74 Å². The van der Waals surface area contributed by atoms with E-state index in [4.69, 9.17) is 0 Å². The molecule has 0 saturated heterocycles. The highest BCUT2D eigenvalue weighted by molar-refractivity contribution is 5.84. The van der Waals surface area contributed by atoms with Crippen molar-refractivity contribution in [2.45, 2.75) is 18.0 Å². The lowest BCUT2D eigenvalue weighted by molar-refractivity contribution is -0.385. The van der Waals surface area contributed by atoms with Gasteiger partial charge in [0.05, 0.1) is 0 Å². The quantitative estimate of drug-likeness (QED) is 0.576. The van der Waals surface area contributed by atoms with Crippen LogP contribution in [0.2, 0.25) is 0 Å². The Morgan fingerprint density at radius 3 is 1.65 bits per heavy atom. The summed E-state index contributed by atoms with van der Waals surface area (Å²) in [6.45, 7) is 0. The average Bonchev–Trinajstić information content (AvgIpc) is 2.26. The zero-order valence-electron chi connectivity index (χ0n) is 9.67. The van der Waals surface area contributed by atoms with Gasteiger partial charge >= 0.3 is 30.0 Å². The van der Waals surface area contributed by atoms with Crippen molar-refractivity contribution in [3.05, 3.63) is 12.1 Å². The monoisotopic (exact) mass is 319 g/mol. The lowest BCUT2D eigenvalue weighted by atomic mass is 10.1. The summed E-state index contributed by atoms with van der Waals surface area (Å²) in [5.41, 5.74) is 0. The summed E-state index contributed by atoms with van der Waals surface area (Å²) < 4.78 is 114. The first kappa shape index (κ1) is 18.4. The number of hydrogen-bond acceptors (Lipinski definition) is 2. The van der Waals surface area contributed by atoms with Gasteiger partial charge in [-0.05, 0) is 0 Å². The van der Waals surface area contributed by atoms with Crippen LogP contribution in [0, 0.1) is 0 Å². The molecule has 0 saturated carbocycles. The smallest absolute Gasteiger partial charge is 0.397 e. The van der Waals surface area contributed by atoms with Crippen molar-refractivity contribution < 1.29 is 49.0 Å². The molecular formula is C8H6F9NO2. The fourth-order valence-corrected chi connectivity index (χ4v) is 0.813. The highest BCUT2D eigenvalue weighted by Crippen LogP contribution is 2.48. The fourth-order valence-electron chi connectivity index (χ4n) is 0.813. The van der Waals surface area contributed by atoms with Crippen molar-refractivity contribution in [3.63, 3.8) is 0 Å². The number of halogens is 9. The molecule has 0 rings (SSSR count). The molecule has 0 aromatic heterocycles. The highest BCUT2D eigenvalue weighted by atomic mass is 19.4. The maximum Gasteiger partial charge on any atom is 0.473 e. The summed E-state index contributed by atoms with van der Waals surface area (Å²) in [4.78, 5) is 10.6.